The average molecular weight is 359 g/mol. The Bertz CT molecular complexity index is 584. The van der Waals surface area contributed by atoms with E-state index in [9.17, 15) is 14.4 Å². The highest BCUT2D eigenvalue weighted by Crippen LogP contribution is 2.23. The van der Waals surface area contributed by atoms with Crippen LogP contribution in [0.5, 0.6) is 0 Å². The third kappa shape index (κ3) is 6.38. The molecule has 126 valence electrons. The highest BCUT2D eigenvalue weighted by Gasteiger charge is 2.22. The van der Waals surface area contributed by atoms with Crippen molar-refractivity contribution in [1.29, 1.82) is 0 Å². The van der Waals surface area contributed by atoms with E-state index in [0.717, 1.165) is 21.6 Å². The summed E-state index contributed by atoms with van der Waals surface area (Å²) in [7, 11) is 2.26. The maximum Gasteiger partial charge on any atom is 0.327 e. The van der Waals surface area contributed by atoms with Crippen molar-refractivity contribution in [3.8, 4) is 0 Å². The van der Waals surface area contributed by atoms with Gasteiger partial charge in [-0.25, -0.2) is 4.79 Å². The zero-order valence-electron chi connectivity index (χ0n) is 12.0. The lowest BCUT2D eigenvalue weighted by Crippen LogP contribution is -2.42. The Balaban J connectivity index is 2.53. The van der Waals surface area contributed by atoms with E-state index in [1.807, 2.05) is 0 Å². The maximum absolute atomic E-state index is 12.0. The van der Waals surface area contributed by atoms with Crippen molar-refractivity contribution < 1.29 is 24.6 Å². The molecule has 0 spiro atoms. The molecule has 7 N–H and O–H groups in total. The maximum atomic E-state index is 12.0. The fourth-order valence-electron chi connectivity index (χ4n) is 1.42. The molecule has 0 aliphatic rings. The van der Waals surface area contributed by atoms with Crippen LogP contribution in [0.1, 0.15) is 10.4 Å². The van der Waals surface area contributed by atoms with Crippen LogP contribution in [0, 0.1) is 0 Å². The van der Waals surface area contributed by atoms with Gasteiger partial charge in [0, 0.05) is 17.2 Å². The van der Waals surface area contributed by atoms with Crippen LogP contribution in [0.2, 0.25) is 0 Å². The predicted molar refractivity (Wildman–Crippen MR) is 90.3 cm³/mol. The van der Waals surface area contributed by atoms with Crippen molar-refractivity contribution >= 4 is 45.1 Å². The van der Waals surface area contributed by atoms with E-state index in [1.54, 1.807) is 18.2 Å². The van der Waals surface area contributed by atoms with Gasteiger partial charge in [0.15, 0.2) is 0 Å². The average Bonchev–Trinajstić information content (AvgIpc) is 2.49. The van der Waals surface area contributed by atoms with Gasteiger partial charge in [0.25, 0.3) is 5.91 Å². The number of aliphatic carboxylic acids is 2. The fraction of sp³-hybridized carbons (Fsp3) is 0.308. The van der Waals surface area contributed by atoms with Crippen LogP contribution in [0.3, 0.4) is 0 Å². The topological polar surface area (TPSA) is 156 Å². The first-order valence-corrected chi connectivity index (χ1v) is 8.92. The van der Waals surface area contributed by atoms with Crippen molar-refractivity contribution in [3.05, 3.63) is 29.8 Å². The van der Waals surface area contributed by atoms with E-state index in [-0.39, 0.29) is 22.8 Å². The van der Waals surface area contributed by atoms with Gasteiger partial charge < -0.3 is 27.0 Å². The number of nitrogens with one attached hydrogen (secondary N) is 1. The van der Waals surface area contributed by atoms with Crippen LogP contribution in [0.15, 0.2) is 24.3 Å². The summed E-state index contributed by atoms with van der Waals surface area (Å²) in [6.45, 7) is 0. The normalized spacial score (nSPS) is 13.1. The molecule has 0 aliphatic heterocycles. The first-order valence-electron chi connectivity index (χ1n) is 6.44. The predicted octanol–water partition coefficient (Wildman–Crippen LogP) is 0.245. The first kappa shape index (κ1) is 19.1. The van der Waals surface area contributed by atoms with Crippen molar-refractivity contribution in [2.45, 2.75) is 12.1 Å². The van der Waals surface area contributed by atoms with Gasteiger partial charge in [-0.05, 0) is 12.1 Å². The van der Waals surface area contributed by atoms with Gasteiger partial charge in [-0.15, -0.1) is 0 Å². The summed E-state index contributed by atoms with van der Waals surface area (Å²) in [5.74, 6) is -2.70. The van der Waals surface area contributed by atoms with Gasteiger partial charge in [-0.3, -0.25) is 9.59 Å². The number of hydrogen-bond donors (Lipinski definition) is 5. The Labute approximate surface area is 140 Å². The summed E-state index contributed by atoms with van der Waals surface area (Å²) in [5, 5.41) is 20.2. The van der Waals surface area contributed by atoms with Crippen LogP contribution in [0.4, 0.5) is 5.69 Å². The van der Waals surface area contributed by atoms with Crippen molar-refractivity contribution in [1.82, 2.24) is 5.32 Å². The lowest BCUT2D eigenvalue weighted by atomic mass is 10.1. The molecular formula is C13H17N3O5S2. The Hall–Kier alpha value is -1.91. The lowest BCUT2D eigenvalue weighted by Gasteiger charge is -2.15. The van der Waals surface area contributed by atoms with Crippen LogP contribution in [-0.2, 0) is 9.59 Å². The van der Waals surface area contributed by atoms with Gasteiger partial charge in [0.05, 0.1) is 5.56 Å². The number of carboxylic acid groups (broad SMARTS) is 2. The van der Waals surface area contributed by atoms with Crippen LogP contribution in [-0.4, -0.2) is 51.6 Å². The standard InChI is InChI=1S/C13H17N3O5S2/c14-8-4-2-1-3-7(8)11(17)16-10(13(20)21)6-23-22-5-9(15)12(18)19/h1-4,9-10H,5-6,14-15H2,(H,16,17)(H,18,19)(H,20,21)/t9?,10-/m0/s1. The molecule has 0 bridgehead atoms. The van der Waals surface area contributed by atoms with Crippen LogP contribution >= 0.6 is 21.6 Å². The molecule has 8 nitrogen and oxygen atoms in total. The molecule has 1 amide bonds. The second-order valence-corrected chi connectivity index (χ2v) is 7.02. The number of carbonyl (C=O) groups is 3. The quantitative estimate of drug-likeness (QED) is 0.237. The van der Waals surface area contributed by atoms with E-state index >= 15 is 0 Å². The fourth-order valence-corrected chi connectivity index (χ4v) is 3.69. The SMILES string of the molecule is Nc1ccccc1C(=O)N[C@@H](CSSCC(N)C(=O)O)C(=O)O. The van der Waals surface area contributed by atoms with Gasteiger partial charge in [0.2, 0.25) is 0 Å². The summed E-state index contributed by atoms with van der Waals surface area (Å²) in [5.41, 5.74) is 11.5. The summed E-state index contributed by atoms with van der Waals surface area (Å²) in [6, 6.07) is 4.19. The highest BCUT2D eigenvalue weighted by atomic mass is 33.1. The van der Waals surface area contributed by atoms with Gasteiger partial charge in [-0.2, -0.15) is 0 Å². The highest BCUT2D eigenvalue weighted by molar-refractivity contribution is 8.76. The Morgan fingerprint density at radius 2 is 1.70 bits per heavy atom. The summed E-state index contributed by atoms with van der Waals surface area (Å²) < 4.78 is 0. The molecule has 0 saturated heterocycles. The van der Waals surface area contributed by atoms with E-state index in [2.05, 4.69) is 5.32 Å². The monoisotopic (exact) mass is 359 g/mol. The van der Waals surface area contributed by atoms with E-state index in [0.29, 0.717) is 0 Å². The summed E-state index contributed by atoms with van der Waals surface area (Å²) >= 11 is 0. The molecular weight excluding hydrogens is 342 g/mol. The molecule has 0 aromatic heterocycles. The van der Waals surface area contributed by atoms with Crippen LogP contribution in [0.25, 0.3) is 0 Å². The molecule has 1 rings (SSSR count). The van der Waals surface area contributed by atoms with Crippen LogP contribution < -0.4 is 16.8 Å². The third-order valence-electron chi connectivity index (χ3n) is 2.69. The Morgan fingerprint density at radius 1 is 1.09 bits per heavy atom. The molecule has 0 heterocycles. The minimum absolute atomic E-state index is 0.0603. The third-order valence-corrected chi connectivity index (χ3v) is 5.14. The van der Waals surface area contributed by atoms with Crippen molar-refractivity contribution in [2.24, 2.45) is 5.73 Å². The molecule has 0 saturated carbocycles. The molecule has 0 fully saturated rings. The zero-order valence-corrected chi connectivity index (χ0v) is 13.6. The summed E-state index contributed by atoms with van der Waals surface area (Å²) in [6.07, 6.45) is 0. The largest absolute Gasteiger partial charge is 0.480 e. The van der Waals surface area contributed by atoms with Crippen molar-refractivity contribution in [2.75, 3.05) is 17.2 Å². The smallest absolute Gasteiger partial charge is 0.327 e. The number of nitrogen functional groups attached to an aromatic ring is 1. The molecule has 1 unspecified atom stereocenters. The lowest BCUT2D eigenvalue weighted by molar-refractivity contribution is -0.139. The molecule has 0 aliphatic carbocycles. The Morgan fingerprint density at radius 3 is 2.26 bits per heavy atom. The van der Waals surface area contributed by atoms with Gasteiger partial charge in [0.1, 0.15) is 12.1 Å². The molecule has 10 heteroatoms. The zero-order chi connectivity index (χ0) is 17.4. The number of benzene rings is 1. The number of carbonyl (C=O) groups excluding carboxylic acids is 1. The minimum atomic E-state index is -1.19. The van der Waals surface area contributed by atoms with E-state index < -0.39 is 29.9 Å². The number of para-hydroxylation sites is 1. The number of anilines is 1. The minimum Gasteiger partial charge on any atom is -0.480 e. The van der Waals surface area contributed by atoms with E-state index in [4.69, 9.17) is 21.7 Å². The molecule has 1 aromatic carbocycles. The van der Waals surface area contributed by atoms with Gasteiger partial charge >= 0.3 is 11.9 Å². The number of hydrogen-bond acceptors (Lipinski definition) is 7. The molecule has 2 atom stereocenters. The first-order chi connectivity index (χ1) is 10.8. The molecule has 1 aromatic rings. The Kier molecular flexibility index (Phi) is 7.72. The van der Waals surface area contributed by atoms with E-state index in [1.165, 1.54) is 6.07 Å². The molecule has 0 radical (unpaired) electrons. The summed E-state index contributed by atoms with van der Waals surface area (Å²) in [4.78, 5) is 33.8. The van der Waals surface area contributed by atoms with Crippen molar-refractivity contribution in [3.63, 3.8) is 0 Å². The van der Waals surface area contributed by atoms with Gasteiger partial charge in [-0.1, -0.05) is 33.7 Å². The second-order valence-electron chi connectivity index (χ2n) is 4.47. The second kappa shape index (κ2) is 9.28. The number of nitrogens with two attached hydrogens (primary N) is 2. The molecule has 23 heavy (non-hydrogen) atoms. The number of amides is 1. The number of carboxylic acids is 2. The number of rotatable bonds is 9.